The summed E-state index contributed by atoms with van der Waals surface area (Å²) < 4.78 is 4.80. The molecule has 6 nitrogen and oxygen atoms in total. The van der Waals surface area contributed by atoms with E-state index in [1.165, 1.54) is 48.8 Å². The minimum atomic E-state index is -1.05. The highest BCUT2D eigenvalue weighted by atomic mass is 32.2. The number of phenolic OH excluding ortho intramolecular Hbond substituents is 1. The van der Waals surface area contributed by atoms with Gasteiger partial charge in [-0.05, 0) is 42.0 Å². The molecule has 0 bridgehead atoms. The molecule has 0 heterocycles. The molecule has 3 aromatic rings. The highest BCUT2D eigenvalue weighted by Crippen LogP contribution is 2.49. The van der Waals surface area contributed by atoms with Crippen LogP contribution in [0.3, 0.4) is 0 Å². The van der Waals surface area contributed by atoms with Crippen LogP contribution < -0.4 is 4.74 Å². The molecule has 0 aromatic heterocycles. The van der Waals surface area contributed by atoms with Gasteiger partial charge in [-0.2, -0.15) is 0 Å². The minimum Gasteiger partial charge on any atom is -0.504 e. The van der Waals surface area contributed by atoms with E-state index in [0.29, 0.717) is 9.79 Å². The van der Waals surface area contributed by atoms with Gasteiger partial charge in [0.25, 0.3) is 0 Å². The van der Waals surface area contributed by atoms with Gasteiger partial charge in [0.05, 0.1) is 22.8 Å². The molecule has 3 aromatic carbocycles. The summed E-state index contributed by atoms with van der Waals surface area (Å²) in [5.41, 5.74) is 1.05. The van der Waals surface area contributed by atoms with E-state index in [1.54, 1.807) is 48.5 Å². The van der Waals surface area contributed by atoms with Gasteiger partial charge in [-0.1, -0.05) is 30.3 Å². The van der Waals surface area contributed by atoms with Gasteiger partial charge in [-0.3, -0.25) is 0 Å². The standard InChI is InChI=1S/C22H18O6S2/c1-28-17-12-13(10-11-16(17)23)22(29-18-8-4-2-6-14(18)20(24)25)30-19-9-5-3-7-15(19)21(26)27/h2-12,22-23H,1H3,(H,24,25)(H,26,27). The van der Waals surface area contributed by atoms with Crippen LogP contribution in [0.15, 0.2) is 76.5 Å². The quantitative estimate of drug-likeness (QED) is 0.315. The van der Waals surface area contributed by atoms with Gasteiger partial charge in [0.2, 0.25) is 0 Å². The number of hydrogen-bond acceptors (Lipinski definition) is 6. The normalized spacial score (nSPS) is 10.7. The third kappa shape index (κ3) is 4.90. The van der Waals surface area contributed by atoms with Crippen LogP contribution in [0.4, 0.5) is 0 Å². The highest BCUT2D eigenvalue weighted by Gasteiger charge is 2.22. The monoisotopic (exact) mass is 442 g/mol. The summed E-state index contributed by atoms with van der Waals surface area (Å²) in [6, 6.07) is 18.1. The summed E-state index contributed by atoms with van der Waals surface area (Å²) >= 11 is 2.58. The zero-order valence-corrected chi connectivity index (χ0v) is 17.4. The third-order valence-electron chi connectivity index (χ3n) is 4.18. The summed E-state index contributed by atoms with van der Waals surface area (Å²) in [5, 5.41) is 29.0. The maximum Gasteiger partial charge on any atom is 0.336 e. The maximum absolute atomic E-state index is 11.6. The molecule has 8 heteroatoms. The average molecular weight is 443 g/mol. The number of carbonyl (C=O) groups is 2. The Kier molecular flexibility index (Phi) is 6.91. The summed E-state index contributed by atoms with van der Waals surface area (Å²) in [4.78, 5) is 24.4. The van der Waals surface area contributed by atoms with Crippen LogP contribution in [0.1, 0.15) is 30.9 Å². The van der Waals surface area contributed by atoms with E-state index in [0.717, 1.165) is 5.56 Å². The second kappa shape index (κ2) is 9.60. The highest BCUT2D eigenvalue weighted by molar-refractivity contribution is 8.16. The first-order valence-corrected chi connectivity index (χ1v) is 10.5. The van der Waals surface area contributed by atoms with Crippen LogP contribution in [0.5, 0.6) is 11.5 Å². The van der Waals surface area contributed by atoms with Crippen LogP contribution >= 0.6 is 23.5 Å². The number of carboxylic acid groups (broad SMARTS) is 2. The van der Waals surface area contributed by atoms with Crippen LogP contribution in [0.25, 0.3) is 0 Å². The number of thioether (sulfide) groups is 2. The Morgan fingerprint density at radius 2 is 1.33 bits per heavy atom. The Bertz CT molecular complexity index is 1020. The van der Waals surface area contributed by atoms with Crippen LogP contribution in [-0.2, 0) is 0 Å². The molecular formula is C22H18O6S2. The number of hydrogen-bond donors (Lipinski definition) is 3. The van der Waals surface area contributed by atoms with Crippen molar-refractivity contribution in [2.45, 2.75) is 14.4 Å². The summed E-state index contributed by atoms with van der Waals surface area (Å²) in [6.07, 6.45) is 0. The lowest BCUT2D eigenvalue weighted by molar-refractivity contribution is 0.0682. The van der Waals surface area contributed by atoms with E-state index in [1.807, 2.05) is 0 Å². The Balaban J connectivity index is 2.06. The van der Waals surface area contributed by atoms with Crippen LogP contribution in [0.2, 0.25) is 0 Å². The number of aromatic carboxylic acids is 2. The predicted octanol–water partition coefficient (Wildman–Crippen LogP) is 5.38. The predicted molar refractivity (Wildman–Crippen MR) is 116 cm³/mol. The SMILES string of the molecule is COc1cc(C(Sc2ccccc2C(=O)O)Sc2ccccc2C(=O)O)ccc1O. The van der Waals surface area contributed by atoms with Crippen molar-refractivity contribution in [3.05, 3.63) is 83.4 Å². The molecule has 0 spiro atoms. The van der Waals surface area contributed by atoms with Crippen molar-refractivity contribution in [3.63, 3.8) is 0 Å². The molecule has 0 saturated heterocycles. The van der Waals surface area contributed by atoms with Crippen molar-refractivity contribution in [1.82, 2.24) is 0 Å². The van der Waals surface area contributed by atoms with Crippen LogP contribution in [0, 0.1) is 0 Å². The molecule has 0 unspecified atom stereocenters. The van der Waals surface area contributed by atoms with Crippen molar-refractivity contribution < 1.29 is 29.6 Å². The Morgan fingerprint density at radius 3 is 1.80 bits per heavy atom. The number of ether oxygens (including phenoxy) is 1. The number of aromatic hydroxyl groups is 1. The van der Waals surface area contributed by atoms with E-state index < -0.39 is 16.5 Å². The molecule has 0 aliphatic rings. The summed E-state index contributed by atoms with van der Waals surface area (Å²) in [5.74, 6) is -1.84. The van der Waals surface area contributed by atoms with E-state index in [2.05, 4.69) is 0 Å². The molecule has 0 fully saturated rings. The fraction of sp³-hybridized carbons (Fsp3) is 0.0909. The van der Waals surface area contributed by atoms with Gasteiger partial charge in [-0.25, -0.2) is 9.59 Å². The molecule has 0 atom stereocenters. The second-order valence-corrected chi connectivity index (χ2v) is 8.69. The number of benzene rings is 3. The molecule has 3 rings (SSSR count). The average Bonchev–Trinajstić information content (AvgIpc) is 2.74. The van der Waals surface area contributed by atoms with Gasteiger partial charge in [0.15, 0.2) is 11.5 Å². The molecular weight excluding hydrogens is 424 g/mol. The molecule has 0 aliphatic heterocycles. The smallest absolute Gasteiger partial charge is 0.336 e. The van der Waals surface area contributed by atoms with Crippen molar-refractivity contribution in [3.8, 4) is 11.5 Å². The fourth-order valence-electron chi connectivity index (χ4n) is 2.72. The lowest BCUT2D eigenvalue weighted by Crippen LogP contribution is -2.02. The number of phenols is 1. The van der Waals surface area contributed by atoms with Gasteiger partial charge < -0.3 is 20.1 Å². The number of methoxy groups -OCH3 is 1. The second-order valence-electron chi connectivity index (χ2n) is 6.10. The van der Waals surface area contributed by atoms with Gasteiger partial charge in [0, 0.05) is 9.79 Å². The topological polar surface area (TPSA) is 104 Å². The fourth-order valence-corrected chi connectivity index (χ4v) is 5.44. The Morgan fingerprint density at radius 1 is 0.833 bits per heavy atom. The van der Waals surface area contributed by atoms with Crippen molar-refractivity contribution in [1.29, 1.82) is 0 Å². The maximum atomic E-state index is 11.6. The summed E-state index contributed by atoms with van der Waals surface area (Å²) in [7, 11) is 1.44. The molecule has 30 heavy (non-hydrogen) atoms. The van der Waals surface area contributed by atoms with Gasteiger partial charge in [-0.15, -0.1) is 23.5 Å². The molecule has 0 saturated carbocycles. The molecule has 0 aliphatic carbocycles. The molecule has 0 radical (unpaired) electrons. The lowest BCUT2D eigenvalue weighted by Gasteiger charge is -2.20. The van der Waals surface area contributed by atoms with Gasteiger partial charge in [0.1, 0.15) is 0 Å². The van der Waals surface area contributed by atoms with Crippen LogP contribution in [-0.4, -0.2) is 34.4 Å². The Labute approximate surface area is 181 Å². The molecule has 154 valence electrons. The zero-order chi connectivity index (χ0) is 21.7. The number of rotatable bonds is 8. The van der Waals surface area contributed by atoms with Crippen molar-refractivity contribution in [2.24, 2.45) is 0 Å². The van der Waals surface area contributed by atoms with Crippen molar-refractivity contribution >= 4 is 35.5 Å². The first-order valence-electron chi connectivity index (χ1n) is 8.75. The third-order valence-corrected chi connectivity index (χ3v) is 6.95. The van der Waals surface area contributed by atoms with Gasteiger partial charge >= 0.3 is 11.9 Å². The van der Waals surface area contributed by atoms with E-state index in [9.17, 15) is 24.9 Å². The molecule has 0 amide bonds. The van der Waals surface area contributed by atoms with Crippen molar-refractivity contribution in [2.75, 3.05) is 7.11 Å². The molecule has 3 N–H and O–H groups in total. The number of carboxylic acids is 2. The van der Waals surface area contributed by atoms with E-state index >= 15 is 0 Å². The largest absolute Gasteiger partial charge is 0.504 e. The van der Waals surface area contributed by atoms with E-state index in [4.69, 9.17) is 4.74 Å². The lowest BCUT2D eigenvalue weighted by atomic mass is 10.2. The zero-order valence-electron chi connectivity index (χ0n) is 15.8. The first kappa shape index (κ1) is 21.6. The summed E-state index contributed by atoms with van der Waals surface area (Å²) in [6.45, 7) is 0. The Hall–Kier alpha value is -3.10. The minimum absolute atomic E-state index is 0.0214. The van der Waals surface area contributed by atoms with E-state index in [-0.39, 0.29) is 22.6 Å². The first-order chi connectivity index (χ1) is 14.4.